The molecule has 1 fully saturated rings. The van der Waals surface area contributed by atoms with Gasteiger partial charge in [-0.05, 0) is 51.2 Å². The van der Waals surface area contributed by atoms with Gasteiger partial charge in [0.2, 0.25) is 0 Å². The van der Waals surface area contributed by atoms with E-state index >= 15 is 0 Å². The molecule has 2 atom stereocenters. The predicted molar refractivity (Wildman–Crippen MR) is 137 cm³/mol. The van der Waals surface area contributed by atoms with Gasteiger partial charge in [-0.3, -0.25) is 14.2 Å². The van der Waals surface area contributed by atoms with Gasteiger partial charge in [0.25, 0.3) is 5.52 Å². The summed E-state index contributed by atoms with van der Waals surface area (Å²) in [6.45, 7) is 9.80. The molecule has 0 spiro atoms. The lowest BCUT2D eigenvalue weighted by molar-refractivity contribution is -0.138. The van der Waals surface area contributed by atoms with E-state index in [1.807, 2.05) is 39.8 Å². The molecule has 0 aliphatic heterocycles. The topological polar surface area (TPSA) is 60.4 Å². The van der Waals surface area contributed by atoms with E-state index < -0.39 is 18.9 Å². The van der Waals surface area contributed by atoms with Gasteiger partial charge in [-0.2, -0.15) is 0 Å². The van der Waals surface area contributed by atoms with Crippen molar-refractivity contribution in [2.45, 2.75) is 124 Å². The molecule has 1 saturated carbocycles. The smallest absolute Gasteiger partial charge is 0.321 e. The highest BCUT2D eigenvalue weighted by atomic mass is 31.2. The van der Waals surface area contributed by atoms with E-state index in [0.29, 0.717) is 18.4 Å². The van der Waals surface area contributed by atoms with Crippen molar-refractivity contribution in [3.8, 4) is 0 Å². The molecule has 1 aliphatic carbocycles. The van der Waals surface area contributed by atoms with Crippen LogP contribution in [-0.4, -0.2) is 17.2 Å². The highest BCUT2D eigenvalue weighted by molar-refractivity contribution is 7.78. The minimum atomic E-state index is -3.81. The van der Waals surface area contributed by atoms with Crippen molar-refractivity contribution < 1.29 is 18.7 Å². The van der Waals surface area contributed by atoms with Gasteiger partial charge in [0.15, 0.2) is 0 Å². The Morgan fingerprint density at radius 3 is 2.00 bits per heavy atom. The molecule has 33 heavy (non-hydrogen) atoms. The van der Waals surface area contributed by atoms with Crippen LogP contribution in [0.15, 0.2) is 12.1 Å². The van der Waals surface area contributed by atoms with Crippen molar-refractivity contribution in [3.05, 3.63) is 34.4 Å². The molecule has 4 nitrogen and oxygen atoms in total. The number of aryl methyl sites for hydroxylation is 3. The molecule has 2 rings (SSSR count). The molecule has 0 heterocycles. The Labute approximate surface area is 201 Å². The summed E-state index contributed by atoms with van der Waals surface area (Å²) in [6, 6.07) is 3.87. The number of unbranched alkanes of at least 4 members (excludes halogenated alkanes) is 7. The van der Waals surface area contributed by atoms with E-state index in [1.54, 1.807) is 0 Å². The highest BCUT2D eigenvalue weighted by Crippen LogP contribution is 2.60. The van der Waals surface area contributed by atoms with Crippen LogP contribution in [0.4, 0.5) is 0 Å². The van der Waals surface area contributed by atoms with Crippen LogP contribution in [0.1, 0.15) is 124 Å². The first-order valence-corrected chi connectivity index (χ1v) is 14.9. The third kappa shape index (κ3) is 7.81. The van der Waals surface area contributed by atoms with Gasteiger partial charge in [-0.15, -0.1) is 0 Å². The van der Waals surface area contributed by atoms with Gasteiger partial charge in [0.05, 0.1) is 11.6 Å². The molecule has 0 radical (unpaired) electrons. The number of hydrogen-bond donors (Lipinski definition) is 0. The monoisotopic (exact) mass is 476 g/mol. The highest BCUT2D eigenvalue weighted by Gasteiger charge is 2.47. The zero-order chi connectivity index (χ0) is 24.4. The second-order valence-corrected chi connectivity index (χ2v) is 12.7. The van der Waals surface area contributed by atoms with Crippen LogP contribution in [0.3, 0.4) is 0 Å². The summed E-state index contributed by atoms with van der Waals surface area (Å²) < 4.78 is 19.9. The fourth-order valence-corrected chi connectivity index (χ4v) is 7.85. The second-order valence-electron chi connectivity index (χ2n) is 10.2. The van der Waals surface area contributed by atoms with Crippen molar-refractivity contribution in [2.24, 2.45) is 5.92 Å². The maximum absolute atomic E-state index is 14.1. The fraction of sp³-hybridized carbons (Fsp3) is 0.714. The Morgan fingerprint density at radius 1 is 0.939 bits per heavy atom. The van der Waals surface area contributed by atoms with Crippen molar-refractivity contribution in [1.82, 2.24) is 0 Å². The van der Waals surface area contributed by atoms with Crippen molar-refractivity contribution in [1.29, 1.82) is 0 Å². The Kier molecular flexibility index (Phi) is 11.4. The van der Waals surface area contributed by atoms with E-state index in [-0.39, 0.29) is 11.6 Å². The van der Waals surface area contributed by atoms with Crippen molar-refractivity contribution >= 4 is 18.9 Å². The molecular formula is C28H45O4P. The lowest BCUT2D eigenvalue weighted by atomic mass is 10.0. The first-order valence-electron chi connectivity index (χ1n) is 13.2. The minimum Gasteiger partial charge on any atom is -0.405 e. The Bertz CT molecular complexity index is 815. The van der Waals surface area contributed by atoms with Crippen LogP contribution in [0, 0.1) is 26.7 Å². The van der Waals surface area contributed by atoms with Gasteiger partial charge in [-0.25, -0.2) is 0 Å². The van der Waals surface area contributed by atoms with Gasteiger partial charge in [0, 0.05) is 5.56 Å². The van der Waals surface area contributed by atoms with Crippen LogP contribution in [-0.2, 0) is 13.9 Å². The molecule has 1 aromatic rings. The van der Waals surface area contributed by atoms with Crippen molar-refractivity contribution in [3.63, 3.8) is 0 Å². The van der Waals surface area contributed by atoms with Gasteiger partial charge in [-0.1, -0.05) is 95.8 Å². The first kappa shape index (κ1) is 27.8. The summed E-state index contributed by atoms with van der Waals surface area (Å²) in [5.74, 6) is -0.809. The Morgan fingerprint density at radius 2 is 1.45 bits per heavy atom. The Hall–Kier alpha value is -1.41. The molecule has 0 bridgehead atoms. The minimum absolute atomic E-state index is 0.340. The average molecular weight is 477 g/mol. The molecule has 1 aliphatic rings. The maximum atomic E-state index is 14.1. The van der Waals surface area contributed by atoms with Crippen LogP contribution in [0.5, 0.6) is 0 Å². The molecule has 0 aromatic heterocycles. The zero-order valence-corrected chi connectivity index (χ0v) is 22.5. The largest absolute Gasteiger partial charge is 0.405 e. The van der Waals surface area contributed by atoms with Gasteiger partial charge in [0.1, 0.15) is 0 Å². The fourth-order valence-electron chi connectivity index (χ4n) is 5.13. The van der Waals surface area contributed by atoms with E-state index in [4.69, 9.17) is 4.52 Å². The first-order chi connectivity index (χ1) is 15.7. The summed E-state index contributed by atoms with van der Waals surface area (Å²) in [5.41, 5.74) is 2.34. The predicted octanol–water partition coefficient (Wildman–Crippen LogP) is 8.68. The summed E-state index contributed by atoms with van der Waals surface area (Å²) in [6.07, 6.45) is 13.6. The van der Waals surface area contributed by atoms with Crippen LogP contribution in [0.2, 0.25) is 0 Å². The normalized spacial score (nSPS) is 17.0. The third-order valence-corrected chi connectivity index (χ3v) is 9.82. The molecule has 5 heteroatoms. The van der Waals surface area contributed by atoms with Crippen LogP contribution in [0.25, 0.3) is 0 Å². The molecular weight excluding hydrogens is 431 g/mol. The molecule has 1 aromatic carbocycles. The molecule has 0 saturated heterocycles. The standard InChI is InChI=1S/C28H45O4P/c1-6-7-8-9-10-11-12-13-16-22(3)27(29)32-33(31,25-17-14-15-18-25)28(30)26-23(4)19-21(2)20-24(26)5/h19-20,22,25H,6-18H2,1-5H3. The Balaban J connectivity index is 2.02. The summed E-state index contributed by atoms with van der Waals surface area (Å²) in [7, 11) is -3.81. The number of carbonyl (C=O) groups excluding carboxylic acids is 2. The average Bonchev–Trinajstić information content (AvgIpc) is 3.30. The lowest BCUT2D eigenvalue weighted by Crippen LogP contribution is -2.22. The molecule has 2 unspecified atom stereocenters. The van der Waals surface area contributed by atoms with Crippen LogP contribution >= 0.6 is 7.37 Å². The number of carbonyl (C=O) groups is 2. The number of hydrogen-bond acceptors (Lipinski definition) is 4. The van der Waals surface area contributed by atoms with E-state index in [2.05, 4.69) is 6.92 Å². The summed E-state index contributed by atoms with van der Waals surface area (Å²) in [5, 5.41) is 0. The van der Waals surface area contributed by atoms with E-state index in [9.17, 15) is 14.2 Å². The zero-order valence-electron chi connectivity index (χ0n) is 21.6. The number of rotatable bonds is 14. The van der Waals surface area contributed by atoms with Crippen LogP contribution < -0.4 is 0 Å². The second kappa shape index (κ2) is 13.5. The molecule has 186 valence electrons. The molecule has 0 amide bonds. The number of benzene rings is 1. The summed E-state index contributed by atoms with van der Waals surface area (Å²) in [4.78, 5) is 26.6. The molecule has 0 N–H and O–H groups in total. The third-order valence-electron chi connectivity index (χ3n) is 7.10. The SMILES string of the molecule is CCCCCCCCCCC(C)C(=O)OP(=O)(C(=O)c1c(C)cc(C)cc1C)C1CCCC1. The lowest BCUT2D eigenvalue weighted by Gasteiger charge is -2.25. The van der Waals surface area contributed by atoms with E-state index in [0.717, 1.165) is 48.8 Å². The summed E-state index contributed by atoms with van der Waals surface area (Å²) >= 11 is 0. The van der Waals surface area contributed by atoms with Gasteiger partial charge >= 0.3 is 13.3 Å². The quantitative estimate of drug-likeness (QED) is 0.199. The van der Waals surface area contributed by atoms with Crippen molar-refractivity contribution in [2.75, 3.05) is 0 Å². The van der Waals surface area contributed by atoms with E-state index in [1.165, 1.54) is 38.5 Å². The maximum Gasteiger partial charge on any atom is 0.321 e. The van der Waals surface area contributed by atoms with Gasteiger partial charge < -0.3 is 4.52 Å².